The number of benzene rings is 3. The van der Waals surface area contributed by atoms with Crippen LogP contribution in [-0.4, -0.2) is 25.5 Å². The van der Waals surface area contributed by atoms with E-state index in [-0.39, 0.29) is 23.8 Å². The molecule has 0 atom stereocenters. The summed E-state index contributed by atoms with van der Waals surface area (Å²) in [5.74, 6) is 0.321. The molecular formula is C25H28N2O3. The zero-order valence-electron chi connectivity index (χ0n) is 17.9. The standard InChI is InChI=1S/C25H28N2O3/c1-25(2,3)21-10-7-18(8-11-21)24(29)27-16-23(28)26-15-17-5-6-20-14-22(30-4)12-9-19(20)13-17/h5-14H,15-16H2,1-4H3,(H,26,28)(H,27,29). The van der Waals surface area contributed by atoms with Crippen molar-refractivity contribution in [2.75, 3.05) is 13.7 Å². The quantitative estimate of drug-likeness (QED) is 0.647. The summed E-state index contributed by atoms with van der Waals surface area (Å²) in [4.78, 5) is 24.4. The van der Waals surface area contributed by atoms with Gasteiger partial charge in [-0.2, -0.15) is 0 Å². The number of amides is 2. The first-order valence-electron chi connectivity index (χ1n) is 9.98. The van der Waals surface area contributed by atoms with Crippen molar-refractivity contribution in [2.24, 2.45) is 0 Å². The Kier molecular flexibility index (Phi) is 6.40. The fraction of sp³-hybridized carbons (Fsp3) is 0.280. The molecule has 0 saturated carbocycles. The topological polar surface area (TPSA) is 67.4 Å². The second-order valence-corrected chi connectivity index (χ2v) is 8.33. The molecule has 0 bridgehead atoms. The van der Waals surface area contributed by atoms with Gasteiger partial charge in [-0.1, -0.05) is 51.1 Å². The van der Waals surface area contributed by atoms with Crippen LogP contribution in [0.1, 0.15) is 42.3 Å². The third kappa shape index (κ3) is 5.38. The van der Waals surface area contributed by atoms with Gasteiger partial charge < -0.3 is 15.4 Å². The van der Waals surface area contributed by atoms with Crippen molar-refractivity contribution in [3.8, 4) is 5.75 Å². The van der Waals surface area contributed by atoms with E-state index in [1.54, 1.807) is 19.2 Å². The van der Waals surface area contributed by atoms with E-state index >= 15 is 0 Å². The van der Waals surface area contributed by atoms with Crippen LogP contribution in [-0.2, 0) is 16.8 Å². The summed E-state index contributed by atoms with van der Waals surface area (Å²) >= 11 is 0. The van der Waals surface area contributed by atoms with Gasteiger partial charge >= 0.3 is 0 Å². The lowest BCUT2D eigenvalue weighted by Gasteiger charge is -2.19. The van der Waals surface area contributed by atoms with Crippen LogP contribution in [0.3, 0.4) is 0 Å². The van der Waals surface area contributed by atoms with Crippen molar-refractivity contribution in [3.05, 3.63) is 77.4 Å². The first-order chi connectivity index (χ1) is 14.3. The van der Waals surface area contributed by atoms with Gasteiger partial charge in [-0.15, -0.1) is 0 Å². The minimum absolute atomic E-state index is 0.0315. The molecule has 0 aliphatic heterocycles. The van der Waals surface area contributed by atoms with Gasteiger partial charge in [0.1, 0.15) is 5.75 Å². The maximum absolute atomic E-state index is 12.3. The van der Waals surface area contributed by atoms with Crippen molar-refractivity contribution in [1.29, 1.82) is 0 Å². The number of hydrogen-bond acceptors (Lipinski definition) is 3. The number of hydrogen-bond donors (Lipinski definition) is 2. The second kappa shape index (κ2) is 8.99. The highest BCUT2D eigenvalue weighted by atomic mass is 16.5. The van der Waals surface area contributed by atoms with E-state index in [4.69, 9.17) is 4.74 Å². The molecule has 5 heteroatoms. The maximum atomic E-state index is 12.3. The van der Waals surface area contributed by atoms with Crippen LogP contribution >= 0.6 is 0 Å². The molecule has 30 heavy (non-hydrogen) atoms. The van der Waals surface area contributed by atoms with Crippen LogP contribution in [0.25, 0.3) is 10.8 Å². The summed E-state index contributed by atoms with van der Waals surface area (Å²) in [6, 6.07) is 19.4. The molecule has 0 aliphatic rings. The Labute approximate surface area is 177 Å². The highest BCUT2D eigenvalue weighted by molar-refractivity contribution is 5.96. The lowest BCUT2D eigenvalue weighted by molar-refractivity contribution is -0.120. The zero-order valence-corrected chi connectivity index (χ0v) is 17.9. The molecule has 0 aromatic heterocycles. The Bertz CT molecular complexity index is 1050. The van der Waals surface area contributed by atoms with E-state index < -0.39 is 0 Å². The predicted octanol–water partition coefficient (Wildman–Crippen LogP) is 4.19. The molecule has 156 valence electrons. The van der Waals surface area contributed by atoms with Crippen molar-refractivity contribution >= 4 is 22.6 Å². The molecule has 0 unspecified atom stereocenters. The molecule has 3 aromatic rings. The minimum Gasteiger partial charge on any atom is -0.497 e. The van der Waals surface area contributed by atoms with E-state index in [0.717, 1.165) is 27.6 Å². The van der Waals surface area contributed by atoms with Gasteiger partial charge in [0, 0.05) is 12.1 Å². The molecule has 5 nitrogen and oxygen atoms in total. The van der Waals surface area contributed by atoms with E-state index in [1.807, 2.05) is 48.5 Å². The lowest BCUT2D eigenvalue weighted by atomic mass is 9.87. The molecule has 3 rings (SSSR count). The molecule has 0 radical (unpaired) electrons. The summed E-state index contributed by atoms with van der Waals surface area (Å²) in [5, 5.41) is 7.67. The average molecular weight is 405 g/mol. The number of nitrogens with one attached hydrogen (secondary N) is 2. The number of carbonyl (C=O) groups excluding carboxylic acids is 2. The Morgan fingerprint density at radius 3 is 2.20 bits per heavy atom. The van der Waals surface area contributed by atoms with Crippen LogP contribution in [0.15, 0.2) is 60.7 Å². The Morgan fingerprint density at radius 1 is 0.867 bits per heavy atom. The van der Waals surface area contributed by atoms with Gasteiger partial charge in [0.15, 0.2) is 0 Å². The fourth-order valence-electron chi connectivity index (χ4n) is 3.16. The summed E-state index contributed by atoms with van der Waals surface area (Å²) in [7, 11) is 1.64. The zero-order chi connectivity index (χ0) is 21.7. The maximum Gasteiger partial charge on any atom is 0.251 e. The highest BCUT2D eigenvalue weighted by Gasteiger charge is 2.14. The van der Waals surface area contributed by atoms with Crippen LogP contribution in [0.2, 0.25) is 0 Å². The Balaban J connectivity index is 1.51. The summed E-state index contributed by atoms with van der Waals surface area (Å²) in [6.45, 7) is 6.71. The summed E-state index contributed by atoms with van der Waals surface area (Å²) in [5.41, 5.74) is 2.72. The average Bonchev–Trinajstić information content (AvgIpc) is 2.75. The number of rotatable bonds is 6. The van der Waals surface area contributed by atoms with Crippen molar-refractivity contribution in [1.82, 2.24) is 10.6 Å². The van der Waals surface area contributed by atoms with E-state index in [1.165, 1.54) is 0 Å². The van der Waals surface area contributed by atoms with E-state index in [0.29, 0.717) is 12.1 Å². The predicted molar refractivity (Wildman–Crippen MR) is 120 cm³/mol. The number of methoxy groups -OCH3 is 1. The number of carbonyl (C=O) groups is 2. The Morgan fingerprint density at radius 2 is 1.53 bits per heavy atom. The second-order valence-electron chi connectivity index (χ2n) is 8.33. The Hall–Kier alpha value is -3.34. The molecule has 3 aromatic carbocycles. The van der Waals surface area contributed by atoms with Crippen LogP contribution in [0.5, 0.6) is 5.75 Å². The largest absolute Gasteiger partial charge is 0.497 e. The third-order valence-electron chi connectivity index (χ3n) is 5.02. The smallest absolute Gasteiger partial charge is 0.251 e. The fourth-order valence-corrected chi connectivity index (χ4v) is 3.16. The third-order valence-corrected chi connectivity index (χ3v) is 5.02. The van der Waals surface area contributed by atoms with Gasteiger partial charge in [0.2, 0.25) is 5.91 Å². The highest BCUT2D eigenvalue weighted by Crippen LogP contribution is 2.23. The van der Waals surface area contributed by atoms with Gasteiger partial charge in [-0.3, -0.25) is 9.59 Å². The van der Waals surface area contributed by atoms with E-state index in [2.05, 4.69) is 31.4 Å². The van der Waals surface area contributed by atoms with Crippen LogP contribution in [0.4, 0.5) is 0 Å². The van der Waals surface area contributed by atoms with Gasteiger partial charge in [0.25, 0.3) is 5.91 Å². The summed E-state index contributed by atoms with van der Waals surface area (Å²) < 4.78 is 5.24. The van der Waals surface area contributed by atoms with Crippen molar-refractivity contribution in [2.45, 2.75) is 32.7 Å². The monoisotopic (exact) mass is 404 g/mol. The minimum atomic E-state index is -0.259. The molecule has 0 heterocycles. The normalized spacial score (nSPS) is 11.2. The lowest BCUT2D eigenvalue weighted by Crippen LogP contribution is -2.36. The molecule has 0 spiro atoms. The van der Waals surface area contributed by atoms with Gasteiger partial charge in [-0.05, 0) is 57.6 Å². The molecule has 0 aliphatic carbocycles. The van der Waals surface area contributed by atoms with Gasteiger partial charge in [-0.25, -0.2) is 0 Å². The van der Waals surface area contributed by atoms with Crippen molar-refractivity contribution in [3.63, 3.8) is 0 Å². The summed E-state index contributed by atoms with van der Waals surface area (Å²) in [6.07, 6.45) is 0. The molecule has 0 fully saturated rings. The van der Waals surface area contributed by atoms with Crippen LogP contribution < -0.4 is 15.4 Å². The molecule has 2 N–H and O–H groups in total. The number of fused-ring (bicyclic) bond motifs is 1. The molecule has 2 amide bonds. The number of ether oxygens (including phenoxy) is 1. The SMILES string of the molecule is COc1ccc2cc(CNC(=O)CNC(=O)c3ccc(C(C)(C)C)cc3)ccc2c1. The van der Waals surface area contributed by atoms with Gasteiger partial charge in [0.05, 0.1) is 13.7 Å². The first kappa shape index (κ1) is 21.4. The van der Waals surface area contributed by atoms with Crippen LogP contribution in [0, 0.1) is 0 Å². The molecule has 0 saturated heterocycles. The first-order valence-corrected chi connectivity index (χ1v) is 9.98. The van der Waals surface area contributed by atoms with E-state index in [9.17, 15) is 9.59 Å². The molecular weight excluding hydrogens is 376 g/mol. The van der Waals surface area contributed by atoms with Crippen molar-refractivity contribution < 1.29 is 14.3 Å².